The second-order valence-corrected chi connectivity index (χ2v) is 4.65. The van der Waals surface area contributed by atoms with Crippen LogP contribution < -0.4 is 10.3 Å². The van der Waals surface area contributed by atoms with E-state index in [4.69, 9.17) is 10.00 Å². The minimum Gasteiger partial charge on any atom is -0.497 e. The van der Waals surface area contributed by atoms with Crippen LogP contribution in [-0.4, -0.2) is 18.3 Å². The van der Waals surface area contributed by atoms with Crippen LogP contribution in [-0.2, 0) is 0 Å². The number of benzene rings is 1. The Hall–Kier alpha value is -2.19. The smallest absolute Gasteiger partial charge is 0.267 e. The highest BCUT2D eigenvalue weighted by atomic mass is 32.2. The second kappa shape index (κ2) is 5.63. The minimum absolute atomic E-state index is 0.152. The molecule has 1 aromatic carbocycles. The predicted octanol–water partition coefficient (Wildman–Crippen LogP) is 2.64. The Morgan fingerprint density at radius 1 is 1.37 bits per heavy atom. The van der Waals surface area contributed by atoms with Gasteiger partial charge >= 0.3 is 0 Å². The monoisotopic (exact) mass is 272 g/mol. The van der Waals surface area contributed by atoms with Crippen LogP contribution >= 0.6 is 11.8 Å². The number of nitrogens with zero attached hydrogens (tertiary/aromatic N) is 1. The highest BCUT2D eigenvalue weighted by Gasteiger charge is 2.10. The lowest BCUT2D eigenvalue weighted by Gasteiger charge is -2.07. The van der Waals surface area contributed by atoms with Crippen LogP contribution in [0.1, 0.15) is 5.56 Å². The summed E-state index contributed by atoms with van der Waals surface area (Å²) >= 11 is 1.38. The van der Waals surface area contributed by atoms with Gasteiger partial charge in [0.1, 0.15) is 17.4 Å². The Morgan fingerprint density at radius 3 is 2.79 bits per heavy atom. The Labute approximate surface area is 115 Å². The summed E-state index contributed by atoms with van der Waals surface area (Å²) in [6.07, 6.45) is 1.84. The van der Waals surface area contributed by atoms with Gasteiger partial charge in [-0.25, -0.2) is 0 Å². The average molecular weight is 272 g/mol. The number of hydrogen-bond acceptors (Lipinski definition) is 4. The van der Waals surface area contributed by atoms with E-state index in [0.717, 1.165) is 5.56 Å². The van der Waals surface area contributed by atoms with Gasteiger partial charge in [0, 0.05) is 16.2 Å². The lowest BCUT2D eigenvalue weighted by atomic mass is 10.1. The van der Waals surface area contributed by atoms with Crippen molar-refractivity contribution in [1.82, 2.24) is 4.98 Å². The number of nitrogens with one attached hydrogen (secondary N) is 1. The molecule has 0 bridgehead atoms. The molecule has 0 saturated heterocycles. The molecule has 96 valence electrons. The molecule has 2 rings (SSSR count). The molecule has 0 amide bonds. The van der Waals surface area contributed by atoms with Gasteiger partial charge in [-0.15, -0.1) is 11.8 Å². The largest absolute Gasteiger partial charge is 0.497 e. The van der Waals surface area contributed by atoms with Crippen LogP contribution in [0, 0.1) is 11.3 Å². The first-order valence-electron chi connectivity index (χ1n) is 5.55. The summed E-state index contributed by atoms with van der Waals surface area (Å²) < 4.78 is 5.16. The number of nitriles is 1. The first-order chi connectivity index (χ1) is 9.19. The van der Waals surface area contributed by atoms with Gasteiger partial charge in [-0.05, 0) is 24.5 Å². The zero-order chi connectivity index (χ0) is 13.8. The number of aromatic amines is 1. The summed E-state index contributed by atoms with van der Waals surface area (Å²) in [4.78, 5) is 15.2. The van der Waals surface area contributed by atoms with Crippen molar-refractivity contribution in [3.05, 3.63) is 46.2 Å². The molecule has 19 heavy (non-hydrogen) atoms. The van der Waals surface area contributed by atoms with Gasteiger partial charge in [0.05, 0.1) is 7.11 Å². The van der Waals surface area contributed by atoms with E-state index in [2.05, 4.69) is 4.98 Å². The molecule has 1 N–H and O–H groups in total. The number of rotatable bonds is 3. The van der Waals surface area contributed by atoms with Crippen LogP contribution in [0.2, 0.25) is 0 Å². The maximum Gasteiger partial charge on any atom is 0.267 e. The highest BCUT2D eigenvalue weighted by Crippen LogP contribution is 2.25. The fourth-order valence-electron chi connectivity index (χ4n) is 1.75. The lowest BCUT2D eigenvalue weighted by Crippen LogP contribution is -2.12. The topological polar surface area (TPSA) is 65.9 Å². The molecule has 0 spiro atoms. The number of aromatic nitrogens is 1. The maximum atomic E-state index is 11.9. The molecule has 2 aromatic rings. The fourth-order valence-corrected chi connectivity index (χ4v) is 2.33. The number of pyridine rings is 1. The number of ether oxygens (including phenoxy) is 1. The summed E-state index contributed by atoms with van der Waals surface area (Å²) in [6, 6.07) is 11.1. The summed E-state index contributed by atoms with van der Waals surface area (Å²) in [5.74, 6) is 0.716. The van der Waals surface area contributed by atoms with E-state index in [1.165, 1.54) is 11.8 Å². The summed E-state index contributed by atoms with van der Waals surface area (Å²) in [5, 5.41) is 8.97. The first kappa shape index (κ1) is 13.2. The van der Waals surface area contributed by atoms with Gasteiger partial charge < -0.3 is 9.72 Å². The molecule has 1 heterocycles. The molecule has 1 aromatic heterocycles. The van der Waals surface area contributed by atoms with Gasteiger partial charge in [-0.2, -0.15) is 5.26 Å². The van der Waals surface area contributed by atoms with E-state index in [0.29, 0.717) is 16.3 Å². The van der Waals surface area contributed by atoms with Crippen molar-refractivity contribution in [2.75, 3.05) is 13.4 Å². The lowest BCUT2D eigenvalue weighted by molar-refractivity contribution is 0.415. The molecule has 5 heteroatoms. The van der Waals surface area contributed by atoms with Gasteiger partial charge in [-0.1, -0.05) is 12.1 Å². The van der Waals surface area contributed by atoms with Crippen LogP contribution in [0.4, 0.5) is 0 Å². The first-order valence-corrected chi connectivity index (χ1v) is 6.78. The molecule has 0 aliphatic rings. The van der Waals surface area contributed by atoms with E-state index in [9.17, 15) is 4.79 Å². The normalized spacial score (nSPS) is 9.95. The zero-order valence-corrected chi connectivity index (χ0v) is 11.4. The molecule has 4 nitrogen and oxygen atoms in total. The zero-order valence-electron chi connectivity index (χ0n) is 10.6. The molecule has 0 unspecified atom stereocenters. The third-order valence-corrected chi connectivity index (χ3v) is 3.47. The van der Waals surface area contributed by atoms with E-state index >= 15 is 0 Å². The van der Waals surface area contributed by atoms with Crippen LogP contribution in [0.15, 0.2) is 40.0 Å². The molecular weight excluding hydrogens is 260 g/mol. The maximum absolute atomic E-state index is 11.9. The van der Waals surface area contributed by atoms with Crippen molar-refractivity contribution in [1.29, 1.82) is 5.26 Å². The quantitative estimate of drug-likeness (QED) is 0.872. The summed E-state index contributed by atoms with van der Waals surface area (Å²) in [6.45, 7) is 0. The standard InChI is InChI=1S/C14H12N2O2S/c1-18-10-5-3-4-9(6-10)12-7-13(19-2)11(8-15)14(17)16-12/h3-7H,1-2H3,(H,16,17). The van der Waals surface area contributed by atoms with Gasteiger partial charge in [0.25, 0.3) is 5.56 Å². The van der Waals surface area contributed by atoms with E-state index in [1.54, 1.807) is 13.2 Å². The van der Waals surface area contributed by atoms with Gasteiger partial charge in [0.2, 0.25) is 0 Å². The van der Waals surface area contributed by atoms with Crippen molar-refractivity contribution in [3.8, 4) is 23.1 Å². The number of methoxy groups -OCH3 is 1. The number of H-pyrrole nitrogens is 1. The minimum atomic E-state index is -0.368. The van der Waals surface area contributed by atoms with Gasteiger partial charge in [-0.3, -0.25) is 4.79 Å². The van der Waals surface area contributed by atoms with Crippen molar-refractivity contribution < 1.29 is 4.74 Å². The predicted molar refractivity (Wildman–Crippen MR) is 75.5 cm³/mol. The van der Waals surface area contributed by atoms with Crippen molar-refractivity contribution >= 4 is 11.8 Å². The second-order valence-electron chi connectivity index (χ2n) is 3.80. The summed E-state index contributed by atoms with van der Waals surface area (Å²) in [7, 11) is 1.59. The van der Waals surface area contributed by atoms with E-state index < -0.39 is 0 Å². The third kappa shape index (κ3) is 2.64. The van der Waals surface area contributed by atoms with Crippen molar-refractivity contribution in [2.24, 2.45) is 0 Å². The molecule has 0 fully saturated rings. The van der Waals surface area contributed by atoms with Crippen LogP contribution in [0.5, 0.6) is 5.75 Å². The Bertz CT molecular complexity index is 701. The van der Waals surface area contributed by atoms with Crippen LogP contribution in [0.25, 0.3) is 11.3 Å². The number of hydrogen-bond donors (Lipinski definition) is 1. The average Bonchev–Trinajstić information content (AvgIpc) is 2.46. The Morgan fingerprint density at radius 2 is 2.16 bits per heavy atom. The fraction of sp³-hybridized carbons (Fsp3) is 0.143. The Kier molecular flexibility index (Phi) is 3.93. The molecule has 0 saturated carbocycles. The van der Waals surface area contributed by atoms with Crippen molar-refractivity contribution in [3.63, 3.8) is 0 Å². The summed E-state index contributed by atoms with van der Waals surface area (Å²) in [5.41, 5.74) is 1.30. The molecule has 0 aliphatic carbocycles. The number of thioether (sulfide) groups is 1. The van der Waals surface area contributed by atoms with E-state index in [1.807, 2.05) is 36.6 Å². The SMILES string of the molecule is COc1cccc(-c2cc(SC)c(C#N)c(=O)[nH]2)c1. The van der Waals surface area contributed by atoms with E-state index in [-0.39, 0.29) is 11.1 Å². The Balaban J connectivity index is 2.60. The molecule has 0 aliphatic heterocycles. The highest BCUT2D eigenvalue weighted by molar-refractivity contribution is 7.98. The van der Waals surface area contributed by atoms with Crippen LogP contribution in [0.3, 0.4) is 0 Å². The molecular formula is C14H12N2O2S. The van der Waals surface area contributed by atoms with Gasteiger partial charge in [0.15, 0.2) is 0 Å². The van der Waals surface area contributed by atoms with Crippen molar-refractivity contribution in [2.45, 2.75) is 4.90 Å². The molecule has 0 atom stereocenters. The third-order valence-electron chi connectivity index (χ3n) is 2.71. The molecule has 0 radical (unpaired) electrons.